The molecule has 23 heavy (non-hydrogen) atoms. The summed E-state index contributed by atoms with van der Waals surface area (Å²) in [5.41, 5.74) is 11.6. The first kappa shape index (κ1) is 15.8. The van der Waals surface area contributed by atoms with Gasteiger partial charge in [-0.25, -0.2) is 10.9 Å². The monoisotopic (exact) mass is 318 g/mol. The number of phenols is 1. The molecule has 2 aliphatic rings. The molecular weight excluding hydrogens is 296 g/mol. The number of rotatable bonds is 4. The molecule has 0 aromatic heterocycles. The molecule has 1 aliphatic carbocycles. The van der Waals surface area contributed by atoms with Gasteiger partial charge >= 0.3 is 0 Å². The van der Waals surface area contributed by atoms with Crippen LogP contribution in [0.5, 0.6) is 5.75 Å². The van der Waals surface area contributed by atoms with Crippen LogP contribution in [0.2, 0.25) is 0 Å². The van der Waals surface area contributed by atoms with Crippen molar-refractivity contribution in [2.24, 2.45) is 5.73 Å². The quantitative estimate of drug-likeness (QED) is 0.544. The van der Waals surface area contributed by atoms with Crippen LogP contribution in [-0.2, 0) is 9.59 Å². The predicted octanol–water partition coefficient (Wildman–Crippen LogP) is 0.214. The normalized spacial score (nSPS) is 26.1. The van der Waals surface area contributed by atoms with Crippen molar-refractivity contribution in [1.29, 1.82) is 0 Å². The Bertz CT molecular complexity index is 596. The van der Waals surface area contributed by atoms with Crippen LogP contribution in [0.4, 0.5) is 0 Å². The molecule has 2 amide bonds. The highest BCUT2D eigenvalue weighted by atomic mass is 16.3. The highest BCUT2D eigenvalue weighted by molar-refractivity contribution is 5.92. The number of benzene rings is 1. The molecular formula is C16H22N4O3. The summed E-state index contributed by atoms with van der Waals surface area (Å²) < 4.78 is 0. The first-order valence-corrected chi connectivity index (χ1v) is 7.92. The number of primary amides is 1. The van der Waals surface area contributed by atoms with E-state index in [2.05, 4.69) is 16.2 Å². The Morgan fingerprint density at radius 3 is 2.43 bits per heavy atom. The molecule has 2 unspecified atom stereocenters. The lowest BCUT2D eigenvalue weighted by Gasteiger charge is -2.28. The summed E-state index contributed by atoms with van der Waals surface area (Å²) in [5.74, 6) is -0.456. The second-order valence-electron chi connectivity index (χ2n) is 6.36. The number of hydrogen-bond acceptors (Lipinski definition) is 5. The third kappa shape index (κ3) is 3.16. The second kappa shape index (κ2) is 6.17. The summed E-state index contributed by atoms with van der Waals surface area (Å²) in [5, 5.41) is 12.2. The smallest absolute Gasteiger partial charge is 0.243 e. The molecule has 6 N–H and O–H groups in total. The zero-order valence-corrected chi connectivity index (χ0v) is 12.8. The van der Waals surface area contributed by atoms with Crippen LogP contribution >= 0.6 is 0 Å². The first-order valence-electron chi connectivity index (χ1n) is 7.92. The molecule has 3 rings (SSSR count). The number of aromatic hydroxyl groups is 1. The van der Waals surface area contributed by atoms with Gasteiger partial charge in [-0.1, -0.05) is 25.0 Å². The van der Waals surface area contributed by atoms with E-state index in [4.69, 9.17) is 5.73 Å². The van der Waals surface area contributed by atoms with E-state index in [1.165, 1.54) is 0 Å². The van der Waals surface area contributed by atoms with E-state index in [0.29, 0.717) is 19.3 Å². The lowest BCUT2D eigenvalue weighted by molar-refractivity contribution is -0.132. The molecule has 7 heteroatoms. The number of amides is 2. The van der Waals surface area contributed by atoms with Crippen LogP contribution < -0.4 is 21.9 Å². The SMILES string of the molecule is NC(=O)C1(NC(=O)C2CC(c3ccc(O)cc3)NN2)CCCC1. The molecule has 1 aromatic rings. The van der Waals surface area contributed by atoms with Gasteiger partial charge in [0.05, 0.1) is 0 Å². The minimum Gasteiger partial charge on any atom is -0.508 e. The molecule has 1 aliphatic heterocycles. The minimum absolute atomic E-state index is 0.0283. The van der Waals surface area contributed by atoms with Crippen molar-refractivity contribution in [3.63, 3.8) is 0 Å². The molecule has 1 heterocycles. The fraction of sp³-hybridized carbons (Fsp3) is 0.500. The van der Waals surface area contributed by atoms with Crippen LogP contribution in [0.15, 0.2) is 24.3 Å². The Morgan fingerprint density at radius 1 is 1.17 bits per heavy atom. The van der Waals surface area contributed by atoms with Gasteiger partial charge in [-0.3, -0.25) is 9.59 Å². The van der Waals surface area contributed by atoms with Gasteiger partial charge in [-0.2, -0.15) is 0 Å². The maximum absolute atomic E-state index is 12.5. The largest absolute Gasteiger partial charge is 0.508 e. The average Bonchev–Trinajstić information content (AvgIpc) is 3.17. The van der Waals surface area contributed by atoms with E-state index in [1.54, 1.807) is 12.1 Å². The van der Waals surface area contributed by atoms with Crippen molar-refractivity contribution in [2.45, 2.75) is 49.7 Å². The summed E-state index contributed by atoms with van der Waals surface area (Å²) in [6, 6.07) is 6.41. The summed E-state index contributed by atoms with van der Waals surface area (Å²) >= 11 is 0. The molecule has 0 spiro atoms. The van der Waals surface area contributed by atoms with Crippen molar-refractivity contribution in [1.82, 2.24) is 16.2 Å². The van der Waals surface area contributed by atoms with E-state index in [-0.39, 0.29) is 17.7 Å². The highest BCUT2D eigenvalue weighted by Gasteiger charge is 2.43. The van der Waals surface area contributed by atoms with Gasteiger partial charge in [-0.15, -0.1) is 0 Å². The van der Waals surface area contributed by atoms with Gasteiger partial charge in [0.1, 0.15) is 17.3 Å². The van der Waals surface area contributed by atoms with Crippen LogP contribution in [0.1, 0.15) is 43.7 Å². The summed E-state index contributed by atoms with van der Waals surface area (Å²) in [6.45, 7) is 0. The summed E-state index contributed by atoms with van der Waals surface area (Å²) in [7, 11) is 0. The Kier molecular flexibility index (Phi) is 4.23. The average molecular weight is 318 g/mol. The molecule has 0 radical (unpaired) electrons. The van der Waals surface area contributed by atoms with Gasteiger partial charge in [0, 0.05) is 6.04 Å². The van der Waals surface area contributed by atoms with Crippen LogP contribution in [-0.4, -0.2) is 28.5 Å². The van der Waals surface area contributed by atoms with Crippen molar-refractivity contribution < 1.29 is 14.7 Å². The van der Waals surface area contributed by atoms with Gasteiger partial charge < -0.3 is 16.2 Å². The summed E-state index contributed by atoms with van der Waals surface area (Å²) in [4.78, 5) is 24.2. The number of phenolic OH excluding ortho intramolecular Hbond substituents is 1. The molecule has 1 saturated carbocycles. The number of hydrazine groups is 1. The lowest BCUT2D eigenvalue weighted by atomic mass is 9.95. The van der Waals surface area contributed by atoms with Gasteiger partial charge in [-0.05, 0) is 37.0 Å². The van der Waals surface area contributed by atoms with Crippen molar-refractivity contribution in [3.05, 3.63) is 29.8 Å². The van der Waals surface area contributed by atoms with E-state index in [1.807, 2.05) is 12.1 Å². The van der Waals surface area contributed by atoms with Crippen LogP contribution in [0.25, 0.3) is 0 Å². The number of carbonyl (C=O) groups is 2. The molecule has 2 fully saturated rings. The van der Waals surface area contributed by atoms with E-state index < -0.39 is 17.5 Å². The highest BCUT2D eigenvalue weighted by Crippen LogP contribution is 2.30. The minimum atomic E-state index is -0.893. The number of carbonyl (C=O) groups excluding carboxylic acids is 2. The topological polar surface area (TPSA) is 116 Å². The van der Waals surface area contributed by atoms with Crippen molar-refractivity contribution >= 4 is 11.8 Å². The van der Waals surface area contributed by atoms with E-state index >= 15 is 0 Å². The zero-order chi connectivity index (χ0) is 16.4. The third-order valence-electron chi connectivity index (χ3n) is 4.81. The van der Waals surface area contributed by atoms with Gasteiger partial charge in [0.25, 0.3) is 0 Å². The molecule has 0 bridgehead atoms. The van der Waals surface area contributed by atoms with Gasteiger partial charge in [0.2, 0.25) is 11.8 Å². The number of hydrogen-bond donors (Lipinski definition) is 5. The zero-order valence-electron chi connectivity index (χ0n) is 12.8. The fourth-order valence-electron chi connectivity index (χ4n) is 3.39. The molecule has 7 nitrogen and oxygen atoms in total. The third-order valence-corrected chi connectivity index (χ3v) is 4.81. The second-order valence-corrected chi connectivity index (χ2v) is 6.36. The van der Waals surface area contributed by atoms with Crippen molar-refractivity contribution in [3.8, 4) is 5.75 Å². The molecule has 1 aromatic carbocycles. The molecule has 2 atom stereocenters. The Balaban J connectivity index is 1.63. The molecule has 1 saturated heterocycles. The van der Waals surface area contributed by atoms with Crippen molar-refractivity contribution in [2.75, 3.05) is 0 Å². The number of nitrogens with one attached hydrogen (secondary N) is 3. The first-order chi connectivity index (χ1) is 11.0. The Hall–Kier alpha value is -2.12. The standard InChI is InChI=1S/C16H22N4O3/c17-15(23)16(7-1-2-8-16)18-14(22)13-9-12(19-20-13)10-3-5-11(21)6-4-10/h3-6,12-13,19-21H,1-2,7-9H2,(H2,17,23)(H,18,22). The Morgan fingerprint density at radius 2 is 1.83 bits per heavy atom. The van der Waals surface area contributed by atoms with E-state index in [9.17, 15) is 14.7 Å². The van der Waals surface area contributed by atoms with Crippen LogP contribution in [0, 0.1) is 0 Å². The van der Waals surface area contributed by atoms with Gasteiger partial charge in [0.15, 0.2) is 0 Å². The maximum Gasteiger partial charge on any atom is 0.243 e. The van der Waals surface area contributed by atoms with E-state index in [0.717, 1.165) is 18.4 Å². The molecule has 124 valence electrons. The fourth-order valence-corrected chi connectivity index (χ4v) is 3.39. The van der Waals surface area contributed by atoms with Crippen LogP contribution in [0.3, 0.4) is 0 Å². The lowest BCUT2D eigenvalue weighted by Crippen LogP contribution is -2.59. The predicted molar refractivity (Wildman–Crippen MR) is 84.1 cm³/mol. The summed E-state index contributed by atoms with van der Waals surface area (Å²) in [6.07, 6.45) is 3.57. The maximum atomic E-state index is 12.5. The number of nitrogens with two attached hydrogens (primary N) is 1. The Labute approximate surface area is 134 Å².